The summed E-state index contributed by atoms with van der Waals surface area (Å²) in [5.74, 6) is -0.761. The molecule has 144 valence electrons. The molecular formula is C21H27N3O3. The van der Waals surface area contributed by atoms with Gasteiger partial charge in [0.15, 0.2) is 6.10 Å². The van der Waals surface area contributed by atoms with E-state index in [0.29, 0.717) is 11.1 Å². The number of benzene rings is 1. The van der Waals surface area contributed by atoms with Gasteiger partial charge >= 0.3 is 5.97 Å². The summed E-state index contributed by atoms with van der Waals surface area (Å²) >= 11 is 0. The number of nitrogens with zero attached hydrogens (tertiary/aromatic N) is 2. The molecule has 1 amide bonds. The largest absolute Gasteiger partial charge is 0.449 e. The minimum atomic E-state index is -0.831. The van der Waals surface area contributed by atoms with E-state index in [2.05, 4.69) is 15.3 Å². The number of hydrogen-bond donors (Lipinski definition) is 1. The Morgan fingerprint density at radius 2 is 1.67 bits per heavy atom. The first-order valence-electron chi connectivity index (χ1n) is 9.70. The molecule has 1 aliphatic carbocycles. The third-order valence-electron chi connectivity index (χ3n) is 5.17. The summed E-state index contributed by atoms with van der Waals surface area (Å²) in [6.45, 7) is 5.39. The quantitative estimate of drug-likeness (QED) is 0.657. The van der Waals surface area contributed by atoms with Gasteiger partial charge in [-0.1, -0.05) is 25.7 Å². The highest BCUT2D eigenvalue weighted by molar-refractivity contribution is 5.95. The molecule has 0 saturated heterocycles. The van der Waals surface area contributed by atoms with E-state index in [1.165, 1.54) is 12.8 Å². The zero-order valence-corrected chi connectivity index (χ0v) is 16.2. The number of hydrogen-bond acceptors (Lipinski definition) is 5. The smallest absolute Gasteiger partial charge is 0.338 e. The Bertz CT molecular complexity index is 842. The van der Waals surface area contributed by atoms with Crippen molar-refractivity contribution in [3.63, 3.8) is 0 Å². The Balaban J connectivity index is 1.64. The van der Waals surface area contributed by atoms with Crippen molar-refractivity contribution in [1.82, 2.24) is 15.3 Å². The molecule has 1 fully saturated rings. The van der Waals surface area contributed by atoms with E-state index in [0.717, 1.165) is 42.6 Å². The molecule has 1 aromatic carbocycles. The van der Waals surface area contributed by atoms with Gasteiger partial charge in [-0.3, -0.25) is 4.79 Å². The maximum Gasteiger partial charge on any atom is 0.338 e. The first-order valence-corrected chi connectivity index (χ1v) is 9.70. The highest BCUT2D eigenvalue weighted by Crippen LogP contribution is 2.18. The van der Waals surface area contributed by atoms with Crippen molar-refractivity contribution in [3.8, 4) is 0 Å². The minimum absolute atomic E-state index is 0.184. The maximum atomic E-state index is 12.5. The molecule has 1 atom stereocenters. The lowest BCUT2D eigenvalue weighted by Crippen LogP contribution is -2.41. The van der Waals surface area contributed by atoms with Crippen LogP contribution in [0.15, 0.2) is 18.2 Å². The molecule has 1 heterocycles. The predicted octanol–water partition coefficient (Wildman–Crippen LogP) is 3.63. The van der Waals surface area contributed by atoms with Gasteiger partial charge in [-0.2, -0.15) is 0 Å². The third-order valence-corrected chi connectivity index (χ3v) is 5.17. The van der Waals surface area contributed by atoms with E-state index >= 15 is 0 Å². The minimum Gasteiger partial charge on any atom is -0.449 e. The van der Waals surface area contributed by atoms with Gasteiger partial charge in [-0.15, -0.1) is 0 Å². The van der Waals surface area contributed by atoms with Crippen LogP contribution in [0.25, 0.3) is 11.0 Å². The molecule has 3 rings (SSSR count). The molecule has 0 bridgehead atoms. The van der Waals surface area contributed by atoms with Gasteiger partial charge in [0, 0.05) is 6.04 Å². The second-order valence-electron chi connectivity index (χ2n) is 7.34. The lowest BCUT2D eigenvalue weighted by atomic mass is 10.1. The van der Waals surface area contributed by atoms with Crippen molar-refractivity contribution in [2.75, 3.05) is 0 Å². The van der Waals surface area contributed by atoms with E-state index < -0.39 is 12.1 Å². The fourth-order valence-electron chi connectivity index (χ4n) is 3.38. The van der Waals surface area contributed by atoms with Gasteiger partial charge in [0.25, 0.3) is 5.91 Å². The van der Waals surface area contributed by atoms with Crippen molar-refractivity contribution in [3.05, 3.63) is 35.2 Å². The van der Waals surface area contributed by atoms with Gasteiger partial charge in [0.05, 0.1) is 28.0 Å². The van der Waals surface area contributed by atoms with E-state index in [9.17, 15) is 9.59 Å². The zero-order valence-electron chi connectivity index (χ0n) is 16.2. The fraction of sp³-hybridized carbons (Fsp3) is 0.524. The van der Waals surface area contributed by atoms with Gasteiger partial charge in [0.1, 0.15) is 0 Å². The first-order chi connectivity index (χ1) is 12.9. The Morgan fingerprint density at radius 1 is 1.04 bits per heavy atom. The molecule has 6 nitrogen and oxygen atoms in total. The fourth-order valence-corrected chi connectivity index (χ4v) is 3.38. The van der Waals surface area contributed by atoms with Crippen molar-refractivity contribution in [2.24, 2.45) is 0 Å². The van der Waals surface area contributed by atoms with E-state index in [1.807, 2.05) is 13.8 Å². The summed E-state index contributed by atoms with van der Waals surface area (Å²) in [4.78, 5) is 33.8. The topological polar surface area (TPSA) is 81.2 Å². The summed E-state index contributed by atoms with van der Waals surface area (Å²) in [6.07, 6.45) is 5.87. The average Bonchev–Trinajstić information content (AvgIpc) is 2.90. The summed E-state index contributed by atoms with van der Waals surface area (Å²) in [5, 5.41) is 3.02. The molecule has 1 N–H and O–H groups in total. The lowest BCUT2D eigenvalue weighted by molar-refractivity contribution is -0.129. The van der Waals surface area contributed by atoms with Crippen molar-refractivity contribution in [2.45, 2.75) is 71.4 Å². The Kier molecular flexibility index (Phi) is 6.04. The van der Waals surface area contributed by atoms with Crippen LogP contribution in [-0.2, 0) is 9.53 Å². The number of ether oxygens (including phenoxy) is 1. The Hall–Kier alpha value is -2.50. The number of amides is 1. The number of carbonyl (C=O) groups excluding carboxylic acids is 2. The van der Waals surface area contributed by atoms with Crippen LogP contribution < -0.4 is 5.32 Å². The van der Waals surface area contributed by atoms with Crippen LogP contribution in [0.4, 0.5) is 0 Å². The second kappa shape index (κ2) is 8.46. The number of rotatable bonds is 4. The van der Waals surface area contributed by atoms with E-state index in [-0.39, 0.29) is 11.9 Å². The molecule has 0 unspecified atom stereocenters. The SMILES string of the molecule is Cc1nc2ccc(C(=O)O[C@@H](C)C(=O)NC3CCCCCC3)cc2nc1C. The number of aromatic nitrogens is 2. The van der Waals surface area contributed by atoms with Crippen molar-refractivity contribution >= 4 is 22.9 Å². The van der Waals surface area contributed by atoms with Gasteiger partial charge in [-0.05, 0) is 51.8 Å². The van der Waals surface area contributed by atoms with Crippen molar-refractivity contribution in [1.29, 1.82) is 0 Å². The summed E-state index contributed by atoms with van der Waals surface area (Å²) in [7, 11) is 0. The molecule has 1 aromatic heterocycles. The predicted molar refractivity (Wildman–Crippen MR) is 104 cm³/mol. The molecule has 1 saturated carbocycles. The third kappa shape index (κ3) is 4.81. The van der Waals surface area contributed by atoms with Crippen LogP contribution in [0, 0.1) is 13.8 Å². The van der Waals surface area contributed by atoms with E-state index in [4.69, 9.17) is 4.74 Å². The monoisotopic (exact) mass is 369 g/mol. The van der Waals surface area contributed by atoms with Gasteiger partial charge < -0.3 is 10.1 Å². The molecule has 1 aliphatic rings. The Labute approximate surface area is 159 Å². The van der Waals surface area contributed by atoms with E-state index in [1.54, 1.807) is 25.1 Å². The van der Waals surface area contributed by atoms with Gasteiger partial charge in [-0.25, -0.2) is 14.8 Å². The van der Waals surface area contributed by atoms with Crippen LogP contribution in [0.5, 0.6) is 0 Å². The highest BCUT2D eigenvalue weighted by Gasteiger charge is 2.22. The number of fused-ring (bicyclic) bond motifs is 1. The first kappa shape index (κ1) is 19.3. The molecule has 2 aromatic rings. The Morgan fingerprint density at radius 3 is 2.33 bits per heavy atom. The molecule has 0 radical (unpaired) electrons. The summed E-state index contributed by atoms with van der Waals surface area (Å²) in [5.41, 5.74) is 3.43. The van der Waals surface area contributed by atoms with Crippen LogP contribution in [-0.4, -0.2) is 34.0 Å². The van der Waals surface area contributed by atoms with Crippen molar-refractivity contribution < 1.29 is 14.3 Å². The molecule has 0 spiro atoms. The van der Waals surface area contributed by atoms with Crippen LogP contribution in [0.2, 0.25) is 0 Å². The normalized spacial score (nSPS) is 16.6. The molecule has 6 heteroatoms. The zero-order chi connectivity index (χ0) is 19.4. The average molecular weight is 369 g/mol. The number of carbonyl (C=O) groups is 2. The maximum absolute atomic E-state index is 12.5. The van der Waals surface area contributed by atoms with Crippen LogP contribution >= 0.6 is 0 Å². The highest BCUT2D eigenvalue weighted by atomic mass is 16.5. The number of esters is 1. The molecular weight excluding hydrogens is 342 g/mol. The standard InChI is InChI=1S/C21H27N3O3/c1-13-14(2)23-19-12-16(10-11-18(19)22-13)21(26)27-15(3)20(25)24-17-8-6-4-5-7-9-17/h10-12,15,17H,4-9H2,1-3H3,(H,24,25)/t15-/m0/s1. The van der Waals surface area contributed by atoms with Gasteiger partial charge in [0.2, 0.25) is 0 Å². The number of nitrogens with one attached hydrogen (secondary N) is 1. The number of aryl methyl sites for hydroxylation is 2. The van der Waals surface area contributed by atoms with Crippen LogP contribution in [0.1, 0.15) is 67.2 Å². The van der Waals surface area contributed by atoms with Crippen LogP contribution in [0.3, 0.4) is 0 Å². The lowest BCUT2D eigenvalue weighted by Gasteiger charge is -2.19. The molecule has 0 aliphatic heterocycles. The summed E-state index contributed by atoms with van der Waals surface area (Å²) < 4.78 is 5.37. The second-order valence-corrected chi connectivity index (χ2v) is 7.34. The molecule has 27 heavy (non-hydrogen) atoms. The summed E-state index contributed by atoms with van der Waals surface area (Å²) in [6, 6.07) is 5.25.